The van der Waals surface area contributed by atoms with Crippen LogP contribution in [0.25, 0.3) is 10.9 Å². The summed E-state index contributed by atoms with van der Waals surface area (Å²) in [6.45, 7) is 1.78. The van der Waals surface area contributed by atoms with Crippen LogP contribution in [0.5, 0.6) is 0 Å². The van der Waals surface area contributed by atoms with Gasteiger partial charge in [-0.3, -0.25) is 9.36 Å². The van der Waals surface area contributed by atoms with E-state index in [9.17, 15) is 4.79 Å². The van der Waals surface area contributed by atoms with Crippen molar-refractivity contribution in [2.45, 2.75) is 31.8 Å². The number of benzene rings is 1. The van der Waals surface area contributed by atoms with Crippen molar-refractivity contribution in [1.29, 1.82) is 0 Å². The Kier molecular flexibility index (Phi) is 3.72. The third-order valence-corrected chi connectivity index (χ3v) is 4.53. The molecule has 1 aliphatic heterocycles. The Bertz CT molecular complexity index is 734. The van der Waals surface area contributed by atoms with Crippen LogP contribution in [0.4, 0.5) is 0 Å². The van der Waals surface area contributed by atoms with E-state index >= 15 is 0 Å². The van der Waals surface area contributed by atoms with Gasteiger partial charge in [-0.25, -0.2) is 0 Å². The lowest BCUT2D eigenvalue weighted by atomic mass is 10.0. The fourth-order valence-corrected chi connectivity index (χ4v) is 3.22. The minimum atomic E-state index is 0.0170. The first kappa shape index (κ1) is 13.5. The first-order valence-electron chi connectivity index (χ1n) is 7.09. The number of nitrogens with one attached hydrogen (secondary N) is 1. The van der Waals surface area contributed by atoms with E-state index in [0.717, 1.165) is 18.5 Å². The topological polar surface area (TPSA) is 41.0 Å². The summed E-state index contributed by atoms with van der Waals surface area (Å²) in [5, 5.41) is 0.708. The molecule has 1 atom stereocenters. The number of hydrogen-bond acceptors (Lipinski definition) is 3. The van der Waals surface area contributed by atoms with E-state index < -0.39 is 0 Å². The largest absolute Gasteiger partial charge is 0.332 e. The van der Waals surface area contributed by atoms with Gasteiger partial charge in [-0.05, 0) is 50.8 Å². The zero-order chi connectivity index (χ0) is 14.1. The first-order chi connectivity index (χ1) is 9.66. The molecular formula is C15H19N3OS. The van der Waals surface area contributed by atoms with Crippen molar-refractivity contribution < 1.29 is 0 Å². The Labute approximate surface area is 123 Å². The van der Waals surface area contributed by atoms with Gasteiger partial charge in [-0.1, -0.05) is 18.6 Å². The lowest BCUT2D eigenvalue weighted by molar-refractivity contribution is 0.165. The van der Waals surface area contributed by atoms with E-state index in [1.807, 2.05) is 24.3 Å². The van der Waals surface area contributed by atoms with Crippen LogP contribution in [0.2, 0.25) is 0 Å². The molecule has 1 aromatic carbocycles. The molecule has 2 aromatic rings. The third kappa shape index (κ3) is 2.43. The Hall–Kier alpha value is -1.46. The van der Waals surface area contributed by atoms with Gasteiger partial charge in [0.2, 0.25) is 0 Å². The fraction of sp³-hybridized carbons (Fsp3) is 0.467. The Morgan fingerprint density at radius 1 is 1.35 bits per heavy atom. The summed E-state index contributed by atoms with van der Waals surface area (Å²) >= 11 is 5.36. The highest BCUT2D eigenvalue weighted by Crippen LogP contribution is 2.16. The van der Waals surface area contributed by atoms with Crippen LogP contribution in [-0.4, -0.2) is 34.1 Å². The zero-order valence-corrected chi connectivity index (χ0v) is 12.4. The van der Waals surface area contributed by atoms with Crippen LogP contribution < -0.4 is 5.56 Å². The van der Waals surface area contributed by atoms with Crippen molar-refractivity contribution in [3.63, 3.8) is 0 Å². The van der Waals surface area contributed by atoms with E-state index in [4.69, 9.17) is 12.2 Å². The van der Waals surface area contributed by atoms with Gasteiger partial charge in [0.15, 0.2) is 4.77 Å². The lowest BCUT2D eigenvalue weighted by Crippen LogP contribution is -2.41. The van der Waals surface area contributed by atoms with Gasteiger partial charge in [0.05, 0.1) is 10.9 Å². The van der Waals surface area contributed by atoms with Gasteiger partial charge >= 0.3 is 0 Å². The highest BCUT2D eigenvalue weighted by molar-refractivity contribution is 7.71. The van der Waals surface area contributed by atoms with Gasteiger partial charge in [-0.2, -0.15) is 0 Å². The van der Waals surface area contributed by atoms with Gasteiger partial charge in [0, 0.05) is 12.6 Å². The fourth-order valence-electron chi connectivity index (χ4n) is 2.95. The maximum absolute atomic E-state index is 12.6. The highest BCUT2D eigenvalue weighted by atomic mass is 32.1. The summed E-state index contributed by atoms with van der Waals surface area (Å²) < 4.78 is 2.23. The number of nitrogens with zero attached hydrogens (tertiary/aromatic N) is 2. The Balaban J connectivity index is 2.03. The molecule has 1 N–H and O–H groups in total. The summed E-state index contributed by atoms with van der Waals surface area (Å²) in [6, 6.07) is 7.94. The maximum atomic E-state index is 12.6. The van der Waals surface area contributed by atoms with Crippen molar-refractivity contribution in [3.05, 3.63) is 39.4 Å². The Morgan fingerprint density at radius 3 is 2.95 bits per heavy atom. The van der Waals surface area contributed by atoms with Crippen molar-refractivity contribution in [1.82, 2.24) is 14.5 Å². The molecule has 1 unspecified atom stereocenters. The number of fused-ring (bicyclic) bond motifs is 1. The highest BCUT2D eigenvalue weighted by Gasteiger charge is 2.20. The van der Waals surface area contributed by atoms with E-state index in [1.165, 1.54) is 12.8 Å². The number of aromatic amines is 1. The number of rotatable bonds is 2. The molecule has 0 saturated carbocycles. The molecule has 1 aliphatic rings. The Morgan fingerprint density at radius 2 is 2.15 bits per heavy atom. The molecule has 1 saturated heterocycles. The molecule has 0 aliphatic carbocycles. The van der Waals surface area contributed by atoms with Crippen LogP contribution in [0, 0.1) is 4.77 Å². The third-order valence-electron chi connectivity index (χ3n) is 4.20. The number of hydrogen-bond donors (Lipinski definition) is 1. The molecule has 0 bridgehead atoms. The standard InChI is InChI=1S/C15H19N3OS/c1-17-9-5-4-6-11(17)10-18-14(19)12-7-2-3-8-13(12)16-15(18)20/h2-3,7-8,11H,4-6,9-10H2,1H3,(H,16,20). The molecule has 4 nitrogen and oxygen atoms in total. The molecule has 2 heterocycles. The second kappa shape index (κ2) is 5.50. The van der Waals surface area contributed by atoms with Crippen LogP contribution in [0.3, 0.4) is 0 Å². The molecule has 3 rings (SSSR count). The number of aromatic nitrogens is 2. The van der Waals surface area contributed by atoms with Crippen LogP contribution in [-0.2, 0) is 6.54 Å². The number of likely N-dealkylation sites (tertiary alicyclic amines) is 1. The monoisotopic (exact) mass is 289 g/mol. The molecule has 0 spiro atoms. The van der Waals surface area contributed by atoms with Gasteiger partial charge in [-0.15, -0.1) is 0 Å². The predicted octanol–water partition coefficient (Wildman–Crippen LogP) is 2.54. The molecule has 106 valence electrons. The summed E-state index contributed by atoms with van der Waals surface area (Å²) in [5.41, 5.74) is 0.832. The second-order valence-electron chi connectivity index (χ2n) is 5.52. The molecule has 5 heteroatoms. The van der Waals surface area contributed by atoms with Crippen LogP contribution >= 0.6 is 12.2 Å². The summed E-state index contributed by atoms with van der Waals surface area (Å²) in [6.07, 6.45) is 3.60. The van der Waals surface area contributed by atoms with Crippen molar-refractivity contribution in [2.24, 2.45) is 0 Å². The van der Waals surface area contributed by atoms with Crippen molar-refractivity contribution in [2.75, 3.05) is 13.6 Å². The summed E-state index contributed by atoms with van der Waals surface area (Å²) in [5.74, 6) is 0. The normalized spacial score (nSPS) is 20.4. The van der Waals surface area contributed by atoms with E-state index in [2.05, 4.69) is 16.9 Å². The first-order valence-corrected chi connectivity index (χ1v) is 7.50. The van der Waals surface area contributed by atoms with Gasteiger partial charge in [0.1, 0.15) is 0 Å². The average molecular weight is 289 g/mol. The van der Waals surface area contributed by atoms with E-state index in [-0.39, 0.29) is 5.56 Å². The number of piperidine rings is 1. The smallest absolute Gasteiger partial charge is 0.262 e. The van der Waals surface area contributed by atoms with Crippen LogP contribution in [0.1, 0.15) is 19.3 Å². The summed E-state index contributed by atoms with van der Waals surface area (Å²) in [4.78, 5) is 18.1. The molecule has 0 radical (unpaired) electrons. The zero-order valence-electron chi connectivity index (χ0n) is 11.6. The number of para-hydroxylation sites is 1. The molecule has 1 aromatic heterocycles. The number of likely N-dealkylation sites (N-methyl/N-ethyl adjacent to an activating group) is 1. The van der Waals surface area contributed by atoms with Crippen LogP contribution in [0.15, 0.2) is 29.1 Å². The minimum absolute atomic E-state index is 0.0170. The lowest BCUT2D eigenvalue weighted by Gasteiger charge is -2.32. The SMILES string of the molecule is CN1CCCCC1Cn1c(=S)[nH]c2ccccc2c1=O. The van der Waals surface area contributed by atoms with Crippen molar-refractivity contribution >= 4 is 23.1 Å². The minimum Gasteiger partial charge on any atom is -0.332 e. The molecule has 0 amide bonds. The predicted molar refractivity (Wildman–Crippen MR) is 83.7 cm³/mol. The van der Waals surface area contributed by atoms with Gasteiger partial charge in [0.25, 0.3) is 5.56 Å². The maximum Gasteiger partial charge on any atom is 0.262 e. The van der Waals surface area contributed by atoms with E-state index in [1.54, 1.807) is 4.57 Å². The molecule has 20 heavy (non-hydrogen) atoms. The quantitative estimate of drug-likeness (QED) is 0.864. The van der Waals surface area contributed by atoms with Gasteiger partial charge < -0.3 is 9.88 Å². The molecular weight excluding hydrogens is 270 g/mol. The second-order valence-corrected chi connectivity index (χ2v) is 5.91. The van der Waals surface area contributed by atoms with E-state index in [0.29, 0.717) is 22.7 Å². The molecule has 1 fully saturated rings. The summed E-state index contributed by atoms with van der Waals surface area (Å²) in [7, 11) is 2.13. The number of H-pyrrole nitrogens is 1. The average Bonchev–Trinajstić information content (AvgIpc) is 2.45. The van der Waals surface area contributed by atoms with Crippen molar-refractivity contribution in [3.8, 4) is 0 Å².